The molecule has 2 N–H and O–H groups in total. The van der Waals surface area contributed by atoms with Crippen LogP contribution in [0.25, 0.3) is 0 Å². The molecule has 0 unspecified atom stereocenters. The van der Waals surface area contributed by atoms with Crippen molar-refractivity contribution in [3.63, 3.8) is 0 Å². The molecular weight excluding hydrogens is 222 g/mol. The van der Waals surface area contributed by atoms with Gasteiger partial charge in [-0.3, -0.25) is 0 Å². The van der Waals surface area contributed by atoms with Crippen molar-refractivity contribution in [1.82, 2.24) is 5.32 Å². The van der Waals surface area contributed by atoms with E-state index in [1.165, 1.54) is 12.5 Å². The van der Waals surface area contributed by atoms with Crippen LogP contribution in [0.2, 0.25) is 0 Å². The Balaban J connectivity index is 2.87. The standard InChI is InChI=1S/C13H20F2N2/c1-3-10(9-16)12(13(2,14)15)17-11-7-5-4-6-8-11/h3,9,11,16-17H,1,4-8H2,2H3/b12-10-,16-9?. The molecule has 1 aliphatic rings. The van der Waals surface area contributed by atoms with Crippen LogP contribution in [0.4, 0.5) is 8.78 Å². The second kappa shape index (κ2) is 5.94. The molecule has 0 aromatic rings. The van der Waals surface area contributed by atoms with Gasteiger partial charge in [-0.2, -0.15) is 0 Å². The van der Waals surface area contributed by atoms with Crippen LogP contribution in [-0.2, 0) is 0 Å². The molecule has 2 nitrogen and oxygen atoms in total. The molecule has 1 fully saturated rings. The Hall–Kier alpha value is -1.19. The number of allylic oxidation sites excluding steroid dienone is 3. The second-order valence-corrected chi connectivity index (χ2v) is 4.55. The third-order valence-corrected chi connectivity index (χ3v) is 3.06. The van der Waals surface area contributed by atoms with Crippen molar-refractivity contribution in [1.29, 1.82) is 5.41 Å². The molecule has 96 valence electrons. The van der Waals surface area contributed by atoms with Crippen molar-refractivity contribution in [2.24, 2.45) is 0 Å². The summed E-state index contributed by atoms with van der Waals surface area (Å²) in [6, 6.07) is 0.0967. The van der Waals surface area contributed by atoms with Gasteiger partial charge in [-0.1, -0.05) is 31.9 Å². The first-order chi connectivity index (χ1) is 7.99. The molecule has 0 amide bonds. The smallest absolute Gasteiger partial charge is 0.285 e. The van der Waals surface area contributed by atoms with E-state index in [1.807, 2.05) is 0 Å². The van der Waals surface area contributed by atoms with Crippen molar-refractivity contribution in [3.05, 3.63) is 23.9 Å². The lowest BCUT2D eigenvalue weighted by Crippen LogP contribution is -2.37. The molecule has 0 spiro atoms. The van der Waals surface area contributed by atoms with Gasteiger partial charge >= 0.3 is 0 Å². The van der Waals surface area contributed by atoms with E-state index >= 15 is 0 Å². The molecule has 0 radical (unpaired) electrons. The summed E-state index contributed by atoms with van der Waals surface area (Å²) >= 11 is 0. The predicted octanol–water partition coefficient (Wildman–Crippen LogP) is 3.65. The lowest BCUT2D eigenvalue weighted by atomic mass is 9.94. The normalized spacial score (nSPS) is 19.5. The molecule has 0 atom stereocenters. The minimum Gasteiger partial charge on any atom is -0.380 e. The van der Waals surface area contributed by atoms with Crippen molar-refractivity contribution < 1.29 is 8.78 Å². The Morgan fingerprint density at radius 3 is 2.35 bits per heavy atom. The zero-order valence-electron chi connectivity index (χ0n) is 10.2. The lowest BCUT2D eigenvalue weighted by molar-refractivity contribution is 0.0520. The van der Waals surface area contributed by atoms with Crippen LogP contribution in [-0.4, -0.2) is 18.2 Å². The van der Waals surface area contributed by atoms with Crippen molar-refractivity contribution >= 4 is 6.21 Å². The quantitative estimate of drug-likeness (QED) is 0.560. The summed E-state index contributed by atoms with van der Waals surface area (Å²) in [5.74, 6) is -2.96. The molecule has 0 aromatic heterocycles. The molecule has 0 aromatic carbocycles. The number of nitrogens with one attached hydrogen (secondary N) is 2. The summed E-state index contributed by atoms with van der Waals surface area (Å²) < 4.78 is 27.0. The van der Waals surface area contributed by atoms with Crippen LogP contribution < -0.4 is 5.32 Å². The minimum absolute atomic E-state index is 0.0967. The van der Waals surface area contributed by atoms with Gasteiger partial charge in [0.1, 0.15) is 0 Å². The zero-order chi connectivity index (χ0) is 12.9. The van der Waals surface area contributed by atoms with E-state index in [4.69, 9.17) is 5.41 Å². The largest absolute Gasteiger partial charge is 0.380 e. The monoisotopic (exact) mass is 242 g/mol. The topological polar surface area (TPSA) is 35.9 Å². The maximum Gasteiger partial charge on any atom is 0.285 e. The van der Waals surface area contributed by atoms with Gasteiger partial charge in [-0.25, -0.2) is 8.78 Å². The molecule has 0 saturated heterocycles. The molecule has 1 rings (SSSR count). The van der Waals surface area contributed by atoms with Gasteiger partial charge in [0.05, 0.1) is 5.70 Å². The molecule has 1 saturated carbocycles. The summed E-state index contributed by atoms with van der Waals surface area (Å²) in [6.07, 6.45) is 7.40. The van der Waals surface area contributed by atoms with Gasteiger partial charge in [0.25, 0.3) is 5.92 Å². The highest BCUT2D eigenvalue weighted by Crippen LogP contribution is 2.27. The molecule has 17 heavy (non-hydrogen) atoms. The Kier molecular flexibility index (Phi) is 4.85. The highest BCUT2D eigenvalue weighted by Gasteiger charge is 2.31. The highest BCUT2D eigenvalue weighted by molar-refractivity contribution is 5.81. The molecular formula is C13H20F2N2. The van der Waals surface area contributed by atoms with Crippen molar-refractivity contribution in [2.45, 2.75) is 51.0 Å². The maximum absolute atomic E-state index is 13.5. The van der Waals surface area contributed by atoms with Crippen molar-refractivity contribution in [2.75, 3.05) is 0 Å². The Labute approximate surface area is 101 Å². The summed E-state index contributed by atoms with van der Waals surface area (Å²) in [7, 11) is 0. The average Bonchev–Trinajstić information content (AvgIpc) is 2.29. The minimum atomic E-state index is -2.96. The highest BCUT2D eigenvalue weighted by atomic mass is 19.3. The van der Waals surface area contributed by atoms with Gasteiger partial charge in [0, 0.05) is 24.8 Å². The van der Waals surface area contributed by atoms with E-state index in [2.05, 4.69) is 11.9 Å². The van der Waals surface area contributed by atoms with Crippen LogP contribution in [0.5, 0.6) is 0 Å². The van der Waals surface area contributed by atoms with Gasteiger partial charge in [-0.15, -0.1) is 0 Å². The molecule has 4 heteroatoms. The average molecular weight is 242 g/mol. The number of halogens is 2. The van der Waals surface area contributed by atoms with Crippen molar-refractivity contribution in [3.8, 4) is 0 Å². The van der Waals surface area contributed by atoms with E-state index in [-0.39, 0.29) is 17.3 Å². The Bertz CT molecular complexity index is 300. The first kappa shape index (κ1) is 13.9. The van der Waals surface area contributed by atoms with Crippen LogP contribution in [0.1, 0.15) is 39.0 Å². The third-order valence-electron chi connectivity index (χ3n) is 3.06. The number of hydrogen-bond donors (Lipinski definition) is 2. The summed E-state index contributed by atoms with van der Waals surface area (Å²) in [4.78, 5) is 0. The zero-order valence-corrected chi connectivity index (χ0v) is 10.2. The maximum atomic E-state index is 13.5. The number of hydrogen-bond acceptors (Lipinski definition) is 2. The molecule has 1 aliphatic carbocycles. The third kappa shape index (κ3) is 3.95. The first-order valence-corrected chi connectivity index (χ1v) is 6.01. The van der Waals surface area contributed by atoms with E-state index < -0.39 is 5.92 Å². The predicted molar refractivity (Wildman–Crippen MR) is 66.6 cm³/mol. The van der Waals surface area contributed by atoms with Crippen LogP contribution in [0.3, 0.4) is 0 Å². The van der Waals surface area contributed by atoms with Gasteiger partial charge in [0.15, 0.2) is 0 Å². The van der Waals surface area contributed by atoms with Gasteiger partial charge < -0.3 is 10.7 Å². The van der Waals surface area contributed by atoms with Gasteiger partial charge in [0.2, 0.25) is 0 Å². The summed E-state index contributed by atoms with van der Waals surface area (Å²) in [6.45, 7) is 4.33. The molecule has 0 bridgehead atoms. The van der Waals surface area contributed by atoms with Crippen LogP contribution in [0.15, 0.2) is 23.9 Å². The fourth-order valence-corrected chi connectivity index (χ4v) is 2.15. The SMILES string of the molecule is C=C/C(C=N)=C(/NC1CCCCC1)C(C)(F)F. The van der Waals surface area contributed by atoms with E-state index in [0.717, 1.165) is 38.8 Å². The Morgan fingerprint density at radius 2 is 1.94 bits per heavy atom. The number of alkyl halides is 2. The van der Waals surface area contributed by atoms with Crippen LogP contribution in [0, 0.1) is 5.41 Å². The summed E-state index contributed by atoms with van der Waals surface area (Å²) in [5, 5.41) is 10.1. The fraction of sp³-hybridized carbons (Fsp3) is 0.615. The van der Waals surface area contributed by atoms with E-state index in [1.54, 1.807) is 0 Å². The summed E-state index contributed by atoms with van der Waals surface area (Å²) in [5.41, 5.74) is -0.00234. The lowest BCUT2D eigenvalue weighted by Gasteiger charge is -2.28. The second-order valence-electron chi connectivity index (χ2n) is 4.55. The van der Waals surface area contributed by atoms with Gasteiger partial charge in [-0.05, 0) is 12.8 Å². The first-order valence-electron chi connectivity index (χ1n) is 6.01. The van der Waals surface area contributed by atoms with E-state index in [0.29, 0.717) is 0 Å². The Morgan fingerprint density at radius 1 is 1.35 bits per heavy atom. The van der Waals surface area contributed by atoms with E-state index in [9.17, 15) is 8.78 Å². The fourth-order valence-electron chi connectivity index (χ4n) is 2.15. The van der Waals surface area contributed by atoms with Crippen LogP contribution >= 0.6 is 0 Å². The number of rotatable bonds is 5. The molecule has 0 aliphatic heterocycles. The molecule has 0 heterocycles.